The Morgan fingerprint density at radius 2 is 1.91 bits per heavy atom. The first-order valence-electron chi connectivity index (χ1n) is 9.90. The topological polar surface area (TPSA) is 109 Å². The number of rotatable bonds is 5. The number of nitrogens with zero attached hydrogens (tertiary/aromatic N) is 6. The van der Waals surface area contributed by atoms with Gasteiger partial charge in [0.1, 0.15) is 0 Å². The van der Waals surface area contributed by atoms with Gasteiger partial charge in [0.15, 0.2) is 12.3 Å². The summed E-state index contributed by atoms with van der Waals surface area (Å²) >= 11 is 0. The highest BCUT2D eigenvalue weighted by molar-refractivity contribution is 6.05. The molecule has 0 aliphatic carbocycles. The van der Waals surface area contributed by atoms with Gasteiger partial charge in [-0.15, -0.1) is 0 Å². The van der Waals surface area contributed by atoms with Crippen LogP contribution in [-0.4, -0.2) is 35.9 Å². The number of carbonyl (C=O) groups excluding carboxylic acids is 1. The lowest BCUT2D eigenvalue weighted by atomic mass is 10.1. The normalized spacial score (nSPS) is 11.1. The van der Waals surface area contributed by atoms with Crippen molar-refractivity contribution >= 4 is 17.0 Å². The third-order valence-electron chi connectivity index (χ3n) is 4.97. The number of carbonyl (C=O) groups is 1. The van der Waals surface area contributed by atoms with Crippen LogP contribution in [0.15, 0.2) is 65.4 Å². The molecule has 0 saturated carbocycles. The van der Waals surface area contributed by atoms with Crippen molar-refractivity contribution in [3.63, 3.8) is 0 Å². The van der Waals surface area contributed by atoms with Crippen molar-refractivity contribution in [2.75, 3.05) is 0 Å². The monoisotopic (exact) mass is 426 g/mol. The highest BCUT2D eigenvalue weighted by Gasteiger charge is 2.21. The highest BCUT2D eigenvalue weighted by atomic mass is 16.6. The average molecular weight is 426 g/mol. The Morgan fingerprint density at radius 1 is 1.09 bits per heavy atom. The van der Waals surface area contributed by atoms with E-state index in [0.717, 1.165) is 5.56 Å². The second-order valence-corrected chi connectivity index (χ2v) is 7.16. The van der Waals surface area contributed by atoms with E-state index >= 15 is 0 Å². The number of aryl methyl sites for hydroxylation is 2. The standard InChI is InChI=1S/C23H18N6O3/c1-14-20-17(11-18(15-7-4-3-5-8-15)25-22(20)29(2)27-14)23(30)31-13-19-26-21(28-32-19)16-9-6-10-24-12-16/h3-12H,13H2,1-2H3. The average Bonchev–Trinajstić information content (AvgIpc) is 3.42. The molecule has 5 rings (SSSR count). The van der Waals surface area contributed by atoms with Crippen LogP contribution in [0.25, 0.3) is 33.7 Å². The lowest BCUT2D eigenvalue weighted by molar-refractivity contribution is 0.0432. The van der Waals surface area contributed by atoms with Gasteiger partial charge in [-0.3, -0.25) is 9.67 Å². The van der Waals surface area contributed by atoms with E-state index in [1.165, 1.54) is 0 Å². The Morgan fingerprint density at radius 3 is 2.69 bits per heavy atom. The van der Waals surface area contributed by atoms with Gasteiger partial charge in [-0.1, -0.05) is 35.5 Å². The summed E-state index contributed by atoms with van der Waals surface area (Å²) in [5.41, 5.74) is 3.94. The Hall–Kier alpha value is -4.40. The number of benzene rings is 1. The van der Waals surface area contributed by atoms with Gasteiger partial charge in [0.05, 0.1) is 22.3 Å². The predicted octanol–water partition coefficient (Wildman–Crippen LogP) is 3.75. The van der Waals surface area contributed by atoms with E-state index in [2.05, 4.69) is 20.2 Å². The van der Waals surface area contributed by atoms with E-state index in [1.807, 2.05) is 43.3 Å². The second kappa shape index (κ2) is 8.03. The van der Waals surface area contributed by atoms with Gasteiger partial charge in [-0.2, -0.15) is 10.1 Å². The van der Waals surface area contributed by atoms with Crippen molar-refractivity contribution in [3.8, 4) is 22.6 Å². The minimum Gasteiger partial charge on any atom is -0.452 e. The smallest absolute Gasteiger partial charge is 0.339 e. The third kappa shape index (κ3) is 3.60. The minimum absolute atomic E-state index is 0.157. The zero-order chi connectivity index (χ0) is 22.1. The maximum Gasteiger partial charge on any atom is 0.339 e. The van der Waals surface area contributed by atoms with Crippen molar-refractivity contribution in [2.45, 2.75) is 13.5 Å². The predicted molar refractivity (Wildman–Crippen MR) is 115 cm³/mol. The molecule has 0 radical (unpaired) electrons. The molecule has 0 spiro atoms. The molecule has 9 nitrogen and oxygen atoms in total. The number of pyridine rings is 2. The van der Waals surface area contributed by atoms with Crippen LogP contribution in [0.2, 0.25) is 0 Å². The van der Waals surface area contributed by atoms with E-state index in [1.54, 1.807) is 36.3 Å². The SMILES string of the molecule is Cc1nn(C)c2nc(-c3ccccc3)cc(C(=O)OCc3nc(-c4cccnc4)no3)c12. The van der Waals surface area contributed by atoms with Gasteiger partial charge in [-0.25, -0.2) is 9.78 Å². The summed E-state index contributed by atoms with van der Waals surface area (Å²) in [6, 6.07) is 15.0. The van der Waals surface area contributed by atoms with Crippen LogP contribution in [0.4, 0.5) is 0 Å². The van der Waals surface area contributed by atoms with E-state index < -0.39 is 5.97 Å². The molecule has 5 aromatic rings. The molecule has 158 valence electrons. The largest absolute Gasteiger partial charge is 0.452 e. The Balaban J connectivity index is 1.45. The second-order valence-electron chi connectivity index (χ2n) is 7.16. The number of hydrogen-bond acceptors (Lipinski definition) is 8. The summed E-state index contributed by atoms with van der Waals surface area (Å²) in [6.07, 6.45) is 3.29. The zero-order valence-corrected chi connectivity index (χ0v) is 17.4. The molecular weight excluding hydrogens is 408 g/mol. The fraction of sp³-hybridized carbons (Fsp3) is 0.130. The molecular formula is C23H18N6O3. The first kappa shape index (κ1) is 19.6. The summed E-state index contributed by atoms with van der Waals surface area (Å²) in [4.78, 5) is 26.1. The fourth-order valence-corrected chi connectivity index (χ4v) is 3.49. The van der Waals surface area contributed by atoms with E-state index in [9.17, 15) is 4.79 Å². The molecule has 0 aliphatic rings. The molecule has 0 aliphatic heterocycles. The molecule has 1 aromatic carbocycles. The van der Waals surface area contributed by atoms with Crippen molar-refractivity contribution in [3.05, 3.63) is 78.1 Å². The van der Waals surface area contributed by atoms with Crippen molar-refractivity contribution < 1.29 is 14.1 Å². The minimum atomic E-state index is -0.521. The molecule has 9 heteroatoms. The Labute approximate surface area is 182 Å². The fourth-order valence-electron chi connectivity index (χ4n) is 3.49. The van der Waals surface area contributed by atoms with Crippen LogP contribution in [-0.2, 0) is 18.4 Å². The maximum absolute atomic E-state index is 13.1. The summed E-state index contributed by atoms with van der Waals surface area (Å²) in [7, 11) is 1.80. The number of hydrogen-bond donors (Lipinski definition) is 0. The molecule has 0 fully saturated rings. The number of ether oxygens (including phenoxy) is 1. The highest BCUT2D eigenvalue weighted by Crippen LogP contribution is 2.27. The third-order valence-corrected chi connectivity index (χ3v) is 4.97. The van der Waals surface area contributed by atoms with Crippen LogP contribution >= 0.6 is 0 Å². The van der Waals surface area contributed by atoms with Crippen LogP contribution in [0, 0.1) is 6.92 Å². The van der Waals surface area contributed by atoms with Crippen LogP contribution in [0.5, 0.6) is 0 Å². The molecule has 0 unspecified atom stereocenters. The molecule has 0 atom stereocenters. The van der Waals surface area contributed by atoms with Crippen LogP contribution in [0.3, 0.4) is 0 Å². The lowest BCUT2D eigenvalue weighted by Gasteiger charge is -2.08. The summed E-state index contributed by atoms with van der Waals surface area (Å²) in [5, 5.41) is 8.99. The van der Waals surface area contributed by atoms with Crippen molar-refractivity contribution in [1.29, 1.82) is 0 Å². The number of fused-ring (bicyclic) bond motifs is 1. The quantitative estimate of drug-likeness (QED) is 0.391. The van der Waals surface area contributed by atoms with E-state index in [-0.39, 0.29) is 12.5 Å². The van der Waals surface area contributed by atoms with Gasteiger partial charge < -0.3 is 9.26 Å². The Bertz CT molecular complexity index is 1410. The van der Waals surface area contributed by atoms with Gasteiger partial charge in [0, 0.05) is 30.6 Å². The molecule has 0 saturated heterocycles. The number of aromatic nitrogens is 6. The molecule has 0 amide bonds. The van der Waals surface area contributed by atoms with Gasteiger partial charge >= 0.3 is 5.97 Å². The van der Waals surface area contributed by atoms with Crippen molar-refractivity contribution in [2.24, 2.45) is 7.05 Å². The van der Waals surface area contributed by atoms with E-state index in [4.69, 9.17) is 14.2 Å². The van der Waals surface area contributed by atoms with Gasteiger partial charge in [0.25, 0.3) is 5.89 Å². The summed E-state index contributed by atoms with van der Waals surface area (Å²) < 4.78 is 12.4. The zero-order valence-electron chi connectivity index (χ0n) is 17.4. The van der Waals surface area contributed by atoms with E-state index in [0.29, 0.717) is 39.4 Å². The first-order chi connectivity index (χ1) is 15.6. The molecule has 4 aromatic heterocycles. The van der Waals surface area contributed by atoms with Gasteiger partial charge in [0.2, 0.25) is 5.82 Å². The molecule has 0 N–H and O–H groups in total. The Kier molecular flexibility index (Phi) is 4.91. The molecule has 4 heterocycles. The lowest BCUT2D eigenvalue weighted by Crippen LogP contribution is -2.08. The van der Waals surface area contributed by atoms with Crippen LogP contribution < -0.4 is 0 Å². The maximum atomic E-state index is 13.1. The summed E-state index contributed by atoms with van der Waals surface area (Å²) in [6.45, 7) is 1.68. The number of esters is 1. The first-order valence-corrected chi connectivity index (χ1v) is 9.90. The summed E-state index contributed by atoms with van der Waals surface area (Å²) in [5.74, 6) is 0.0467. The molecule has 0 bridgehead atoms. The molecule has 32 heavy (non-hydrogen) atoms. The van der Waals surface area contributed by atoms with Gasteiger partial charge in [-0.05, 0) is 25.1 Å². The van der Waals surface area contributed by atoms with Crippen molar-refractivity contribution in [1.82, 2.24) is 29.9 Å². The van der Waals surface area contributed by atoms with Crippen LogP contribution in [0.1, 0.15) is 21.9 Å².